The molecule has 0 aromatic carbocycles. The topological polar surface area (TPSA) is 30.0 Å². The van der Waals surface area contributed by atoms with Crippen LogP contribution < -0.4 is 0 Å². The lowest BCUT2D eigenvalue weighted by Gasteiger charge is -2.11. The third kappa shape index (κ3) is 2.48. The summed E-state index contributed by atoms with van der Waals surface area (Å²) in [6.45, 7) is 0. The van der Waals surface area contributed by atoms with E-state index in [9.17, 15) is 26.7 Å². The summed E-state index contributed by atoms with van der Waals surface area (Å²) >= 11 is 0. The molecule has 0 fully saturated rings. The number of hydrogen-bond acceptors (Lipinski definition) is 2. The molecular formula is C8H4F5NO. The second-order valence-electron chi connectivity index (χ2n) is 2.61. The summed E-state index contributed by atoms with van der Waals surface area (Å²) in [5.74, 6) is 0. The fourth-order valence-electron chi connectivity index (χ4n) is 0.970. The van der Waals surface area contributed by atoms with E-state index in [-0.39, 0.29) is 12.5 Å². The number of nitrogens with zero attached hydrogens (tertiary/aromatic N) is 1. The Labute approximate surface area is 80.7 Å². The highest BCUT2D eigenvalue weighted by Gasteiger charge is 2.36. The Morgan fingerprint density at radius 2 is 1.93 bits per heavy atom. The van der Waals surface area contributed by atoms with Crippen LogP contribution in [0.2, 0.25) is 0 Å². The molecule has 0 aliphatic rings. The Balaban J connectivity index is 3.34. The summed E-state index contributed by atoms with van der Waals surface area (Å²) in [6, 6.07) is 0.431. The third-order valence-corrected chi connectivity index (χ3v) is 1.62. The van der Waals surface area contributed by atoms with Gasteiger partial charge in [-0.2, -0.15) is 13.2 Å². The number of pyridine rings is 1. The number of carbonyl (C=O) groups is 1. The van der Waals surface area contributed by atoms with Crippen LogP contribution in [0.15, 0.2) is 12.3 Å². The normalized spacial score (nSPS) is 11.9. The van der Waals surface area contributed by atoms with Gasteiger partial charge in [-0.25, -0.2) is 8.78 Å². The highest BCUT2D eigenvalue weighted by molar-refractivity contribution is 5.72. The molecule has 0 saturated carbocycles. The first-order chi connectivity index (χ1) is 6.86. The molecule has 7 heteroatoms. The van der Waals surface area contributed by atoms with Gasteiger partial charge in [0, 0.05) is 11.8 Å². The minimum absolute atomic E-state index is 0.103. The molecule has 82 valence electrons. The smallest absolute Gasteiger partial charge is 0.296 e. The van der Waals surface area contributed by atoms with Crippen molar-refractivity contribution in [2.24, 2.45) is 0 Å². The summed E-state index contributed by atoms with van der Waals surface area (Å²) < 4.78 is 61.0. The van der Waals surface area contributed by atoms with Gasteiger partial charge in [0.2, 0.25) is 0 Å². The van der Waals surface area contributed by atoms with Gasteiger partial charge < -0.3 is 0 Å². The summed E-state index contributed by atoms with van der Waals surface area (Å²) in [5.41, 5.74) is -3.22. The monoisotopic (exact) mass is 225 g/mol. The maximum absolute atomic E-state index is 12.2. The van der Waals surface area contributed by atoms with Gasteiger partial charge in [-0.3, -0.25) is 9.78 Å². The quantitative estimate of drug-likeness (QED) is 0.572. The van der Waals surface area contributed by atoms with Crippen LogP contribution >= 0.6 is 0 Å². The van der Waals surface area contributed by atoms with E-state index in [4.69, 9.17) is 0 Å². The average molecular weight is 225 g/mol. The van der Waals surface area contributed by atoms with E-state index in [2.05, 4.69) is 4.98 Å². The molecule has 0 N–H and O–H groups in total. The Morgan fingerprint density at radius 1 is 1.33 bits per heavy atom. The fraction of sp³-hybridized carbons (Fsp3) is 0.250. The van der Waals surface area contributed by atoms with Gasteiger partial charge >= 0.3 is 6.18 Å². The lowest BCUT2D eigenvalue weighted by atomic mass is 10.1. The summed E-state index contributed by atoms with van der Waals surface area (Å²) in [6.07, 6.45) is -7.87. The molecule has 1 aromatic heterocycles. The molecule has 0 saturated heterocycles. The van der Waals surface area contributed by atoms with E-state index in [1.165, 1.54) is 0 Å². The van der Waals surface area contributed by atoms with Gasteiger partial charge in [0.1, 0.15) is 5.69 Å². The molecule has 0 atom stereocenters. The summed E-state index contributed by atoms with van der Waals surface area (Å²) in [4.78, 5) is 13.2. The number of alkyl halides is 5. The zero-order valence-corrected chi connectivity index (χ0v) is 7.05. The van der Waals surface area contributed by atoms with E-state index in [0.717, 1.165) is 0 Å². The van der Waals surface area contributed by atoms with Crippen molar-refractivity contribution in [2.45, 2.75) is 12.6 Å². The molecular weight excluding hydrogens is 221 g/mol. The minimum atomic E-state index is -4.90. The van der Waals surface area contributed by atoms with Crippen LogP contribution in [0.5, 0.6) is 0 Å². The molecule has 2 nitrogen and oxygen atoms in total. The van der Waals surface area contributed by atoms with Crippen molar-refractivity contribution in [2.75, 3.05) is 0 Å². The van der Waals surface area contributed by atoms with Crippen molar-refractivity contribution >= 4 is 6.29 Å². The first-order valence-electron chi connectivity index (χ1n) is 3.66. The van der Waals surface area contributed by atoms with Crippen LogP contribution in [0.25, 0.3) is 0 Å². The maximum atomic E-state index is 12.2. The molecule has 15 heavy (non-hydrogen) atoms. The van der Waals surface area contributed by atoms with Crippen LogP contribution in [0, 0.1) is 0 Å². The predicted molar refractivity (Wildman–Crippen MR) is 39.6 cm³/mol. The Kier molecular flexibility index (Phi) is 3.01. The van der Waals surface area contributed by atoms with Crippen LogP contribution in [0.4, 0.5) is 22.0 Å². The number of carbonyl (C=O) groups excluding carboxylic acids is 1. The van der Waals surface area contributed by atoms with E-state index >= 15 is 0 Å². The summed E-state index contributed by atoms with van der Waals surface area (Å²) in [7, 11) is 0. The SMILES string of the molecule is O=Cc1cc(C(F)F)c(C(F)(F)F)cn1. The number of aromatic nitrogens is 1. The average Bonchev–Trinajstić information content (AvgIpc) is 2.15. The van der Waals surface area contributed by atoms with Crippen molar-refractivity contribution in [1.29, 1.82) is 0 Å². The van der Waals surface area contributed by atoms with E-state index in [0.29, 0.717) is 6.07 Å². The van der Waals surface area contributed by atoms with Crippen molar-refractivity contribution in [1.82, 2.24) is 4.98 Å². The van der Waals surface area contributed by atoms with Crippen molar-refractivity contribution < 1.29 is 26.7 Å². The van der Waals surface area contributed by atoms with Crippen molar-refractivity contribution in [3.63, 3.8) is 0 Å². The molecule has 0 bridgehead atoms. The molecule has 1 rings (SSSR count). The highest BCUT2D eigenvalue weighted by Crippen LogP contribution is 2.35. The van der Waals surface area contributed by atoms with Gasteiger partial charge in [0.25, 0.3) is 6.43 Å². The second kappa shape index (κ2) is 3.92. The molecule has 0 radical (unpaired) electrons. The Bertz CT molecular complexity index is 374. The van der Waals surface area contributed by atoms with Gasteiger partial charge in [0.15, 0.2) is 6.29 Å². The van der Waals surface area contributed by atoms with E-state index in [1.807, 2.05) is 0 Å². The van der Waals surface area contributed by atoms with E-state index in [1.54, 1.807) is 0 Å². The van der Waals surface area contributed by atoms with Crippen LogP contribution in [-0.2, 0) is 6.18 Å². The zero-order chi connectivity index (χ0) is 11.6. The largest absolute Gasteiger partial charge is 0.418 e. The lowest BCUT2D eigenvalue weighted by molar-refractivity contribution is -0.139. The lowest BCUT2D eigenvalue weighted by Crippen LogP contribution is -2.11. The zero-order valence-electron chi connectivity index (χ0n) is 7.05. The first-order valence-corrected chi connectivity index (χ1v) is 3.66. The van der Waals surface area contributed by atoms with Crippen LogP contribution in [-0.4, -0.2) is 11.3 Å². The number of rotatable bonds is 2. The molecule has 1 aromatic rings. The Hall–Kier alpha value is -1.53. The summed E-state index contributed by atoms with van der Waals surface area (Å²) in [5, 5.41) is 0. The van der Waals surface area contributed by atoms with Gasteiger partial charge in [-0.1, -0.05) is 0 Å². The maximum Gasteiger partial charge on any atom is 0.418 e. The standard InChI is InChI=1S/C8H4F5NO/c9-7(10)5-1-4(3-15)14-2-6(5)8(11,12)13/h1-3,7H. The molecule has 1 heterocycles. The van der Waals surface area contributed by atoms with Crippen molar-refractivity contribution in [3.05, 3.63) is 29.1 Å². The predicted octanol–water partition coefficient (Wildman–Crippen LogP) is 2.85. The molecule has 0 amide bonds. The third-order valence-electron chi connectivity index (χ3n) is 1.62. The van der Waals surface area contributed by atoms with Crippen LogP contribution in [0.1, 0.15) is 28.0 Å². The van der Waals surface area contributed by atoms with Gasteiger partial charge in [-0.15, -0.1) is 0 Å². The number of halogens is 5. The number of aldehydes is 1. The number of hydrogen-bond donors (Lipinski definition) is 0. The molecule has 0 unspecified atom stereocenters. The van der Waals surface area contributed by atoms with Gasteiger partial charge in [0.05, 0.1) is 5.56 Å². The molecule has 0 aliphatic heterocycles. The Morgan fingerprint density at radius 3 is 2.33 bits per heavy atom. The van der Waals surface area contributed by atoms with Crippen LogP contribution in [0.3, 0.4) is 0 Å². The second-order valence-corrected chi connectivity index (χ2v) is 2.61. The minimum Gasteiger partial charge on any atom is -0.296 e. The van der Waals surface area contributed by atoms with Gasteiger partial charge in [-0.05, 0) is 6.07 Å². The highest BCUT2D eigenvalue weighted by atomic mass is 19.4. The first kappa shape index (κ1) is 11.5. The fourth-order valence-corrected chi connectivity index (χ4v) is 0.970. The molecule has 0 aliphatic carbocycles. The van der Waals surface area contributed by atoms with Crippen molar-refractivity contribution in [3.8, 4) is 0 Å². The molecule has 0 spiro atoms. The van der Waals surface area contributed by atoms with E-state index < -0.39 is 29.4 Å².